The minimum absolute atomic E-state index is 0.0688. The van der Waals surface area contributed by atoms with Crippen molar-refractivity contribution in [2.75, 3.05) is 26.5 Å². The molecule has 1 aliphatic carbocycles. The summed E-state index contributed by atoms with van der Waals surface area (Å²) >= 11 is 0. The van der Waals surface area contributed by atoms with E-state index in [1.807, 2.05) is 6.07 Å². The predicted octanol–water partition coefficient (Wildman–Crippen LogP) is 1.67. The molecule has 3 fully saturated rings. The third-order valence-electron chi connectivity index (χ3n) is 5.90. The number of hydrogen-bond acceptors (Lipinski definition) is 5. The zero-order chi connectivity index (χ0) is 16.9. The first-order chi connectivity index (χ1) is 12.2. The van der Waals surface area contributed by atoms with E-state index >= 15 is 0 Å². The summed E-state index contributed by atoms with van der Waals surface area (Å²) in [5, 5.41) is 3.22. The Labute approximate surface area is 147 Å². The van der Waals surface area contributed by atoms with Crippen LogP contribution >= 0.6 is 0 Å². The first-order valence-electron chi connectivity index (χ1n) is 9.26. The molecule has 2 atom stereocenters. The van der Waals surface area contributed by atoms with E-state index in [1.165, 1.54) is 5.56 Å². The van der Waals surface area contributed by atoms with Crippen LogP contribution in [-0.4, -0.2) is 49.4 Å². The molecular formula is C19H24N2O4. The molecule has 0 radical (unpaired) electrons. The number of ether oxygens (including phenoxy) is 3. The van der Waals surface area contributed by atoms with Gasteiger partial charge in [0.05, 0.1) is 11.5 Å². The fourth-order valence-electron chi connectivity index (χ4n) is 4.34. The van der Waals surface area contributed by atoms with Gasteiger partial charge >= 0.3 is 0 Å². The lowest BCUT2D eigenvalue weighted by molar-refractivity contribution is -0.139. The monoisotopic (exact) mass is 344 g/mol. The summed E-state index contributed by atoms with van der Waals surface area (Å²) in [5.41, 5.74) is 0.816. The lowest BCUT2D eigenvalue weighted by Gasteiger charge is -2.42. The maximum Gasteiger partial charge on any atom is 0.231 e. The average Bonchev–Trinajstić information content (AvgIpc) is 3.14. The minimum atomic E-state index is -0.378. The molecule has 0 aromatic heterocycles. The molecule has 6 nitrogen and oxygen atoms in total. The highest BCUT2D eigenvalue weighted by atomic mass is 16.7. The van der Waals surface area contributed by atoms with Crippen LogP contribution in [0.2, 0.25) is 0 Å². The van der Waals surface area contributed by atoms with Gasteiger partial charge in [-0.1, -0.05) is 6.07 Å². The third-order valence-corrected chi connectivity index (χ3v) is 5.90. The fraction of sp³-hybridized carbons (Fsp3) is 0.632. The second-order valence-electron chi connectivity index (χ2n) is 7.70. The van der Waals surface area contributed by atoms with Crippen molar-refractivity contribution in [3.05, 3.63) is 23.8 Å². The fourth-order valence-corrected chi connectivity index (χ4v) is 4.34. The van der Waals surface area contributed by atoms with E-state index in [4.69, 9.17) is 14.2 Å². The van der Waals surface area contributed by atoms with Gasteiger partial charge in [-0.3, -0.25) is 9.69 Å². The number of piperidine rings is 1. The molecule has 134 valence electrons. The van der Waals surface area contributed by atoms with Crippen molar-refractivity contribution in [2.24, 2.45) is 5.41 Å². The van der Waals surface area contributed by atoms with Crippen molar-refractivity contribution in [3.8, 4) is 11.5 Å². The first-order valence-corrected chi connectivity index (χ1v) is 9.26. The lowest BCUT2D eigenvalue weighted by Crippen LogP contribution is -2.57. The van der Waals surface area contributed by atoms with E-state index in [9.17, 15) is 4.79 Å². The van der Waals surface area contributed by atoms with Gasteiger partial charge in [0.2, 0.25) is 12.7 Å². The number of carbonyl (C=O) groups excluding carboxylic acids is 1. The Morgan fingerprint density at radius 3 is 3.00 bits per heavy atom. The van der Waals surface area contributed by atoms with Crippen LogP contribution in [0.5, 0.6) is 11.5 Å². The van der Waals surface area contributed by atoms with Gasteiger partial charge in [-0.15, -0.1) is 0 Å². The molecule has 1 aromatic carbocycles. The molecule has 3 aliphatic heterocycles. The van der Waals surface area contributed by atoms with Crippen molar-refractivity contribution >= 4 is 5.91 Å². The Morgan fingerprint density at radius 1 is 1.24 bits per heavy atom. The Morgan fingerprint density at radius 2 is 2.12 bits per heavy atom. The highest BCUT2D eigenvalue weighted by molar-refractivity contribution is 5.84. The van der Waals surface area contributed by atoms with Gasteiger partial charge in [0, 0.05) is 32.3 Å². The van der Waals surface area contributed by atoms with E-state index in [0.717, 1.165) is 56.8 Å². The van der Waals surface area contributed by atoms with Crippen molar-refractivity contribution in [3.63, 3.8) is 0 Å². The van der Waals surface area contributed by atoms with Gasteiger partial charge in [0.25, 0.3) is 0 Å². The predicted molar refractivity (Wildman–Crippen MR) is 90.4 cm³/mol. The van der Waals surface area contributed by atoms with Gasteiger partial charge in [0.15, 0.2) is 11.5 Å². The summed E-state index contributed by atoms with van der Waals surface area (Å²) in [4.78, 5) is 15.3. The highest BCUT2D eigenvalue weighted by Gasteiger charge is 2.53. The van der Waals surface area contributed by atoms with Crippen LogP contribution in [0.15, 0.2) is 18.2 Å². The Kier molecular flexibility index (Phi) is 3.64. The summed E-state index contributed by atoms with van der Waals surface area (Å²) in [6.45, 7) is 3.54. The van der Waals surface area contributed by atoms with Crippen molar-refractivity contribution in [2.45, 2.75) is 44.4 Å². The number of rotatable bonds is 4. The number of nitrogens with one attached hydrogen (secondary N) is 1. The molecule has 0 bridgehead atoms. The Balaban J connectivity index is 1.32. The number of amides is 1. The van der Waals surface area contributed by atoms with Gasteiger partial charge in [-0.25, -0.2) is 0 Å². The maximum absolute atomic E-state index is 12.9. The number of nitrogens with zero attached hydrogens (tertiary/aromatic N) is 1. The number of fused-ring (bicyclic) bond motifs is 2. The Bertz CT molecular complexity index is 690. The smallest absolute Gasteiger partial charge is 0.231 e. The molecule has 3 heterocycles. The second kappa shape index (κ2) is 5.88. The first kappa shape index (κ1) is 15.5. The summed E-state index contributed by atoms with van der Waals surface area (Å²) in [6.07, 6.45) is 4.05. The van der Waals surface area contributed by atoms with Crippen LogP contribution in [0.1, 0.15) is 31.2 Å². The van der Waals surface area contributed by atoms with E-state index in [1.54, 1.807) is 0 Å². The summed E-state index contributed by atoms with van der Waals surface area (Å²) in [7, 11) is 0. The molecule has 1 saturated carbocycles. The maximum atomic E-state index is 12.9. The van der Waals surface area contributed by atoms with Crippen LogP contribution < -0.4 is 14.8 Å². The van der Waals surface area contributed by atoms with Crippen molar-refractivity contribution in [1.82, 2.24) is 10.2 Å². The molecule has 1 N–H and O–H groups in total. The number of likely N-dealkylation sites (tertiary alicyclic amines) is 1. The van der Waals surface area contributed by atoms with E-state index in [0.29, 0.717) is 19.4 Å². The lowest BCUT2D eigenvalue weighted by atomic mass is 9.75. The van der Waals surface area contributed by atoms with Crippen LogP contribution in [0.4, 0.5) is 0 Å². The minimum Gasteiger partial charge on any atom is -0.454 e. The highest BCUT2D eigenvalue weighted by Crippen LogP contribution is 2.42. The molecular weight excluding hydrogens is 320 g/mol. The van der Waals surface area contributed by atoms with E-state index < -0.39 is 0 Å². The molecule has 6 heteroatoms. The average molecular weight is 344 g/mol. The molecule has 0 spiro atoms. The number of carbonyl (C=O) groups is 1. The third kappa shape index (κ3) is 2.77. The molecule has 4 aliphatic rings. The summed E-state index contributed by atoms with van der Waals surface area (Å²) in [5.74, 6) is 1.83. The molecule has 1 amide bonds. The molecule has 5 rings (SSSR count). The van der Waals surface area contributed by atoms with E-state index in [2.05, 4.69) is 22.3 Å². The molecule has 2 saturated heterocycles. The molecule has 0 unspecified atom stereocenters. The summed E-state index contributed by atoms with van der Waals surface area (Å²) < 4.78 is 16.8. The van der Waals surface area contributed by atoms with Crippen LogP contribution in [0.25, 0.3) is 0 Å². The van der Waals surface area contributed by atoms with Gasteiger partial charge < -0.3 is 19.5 Å². The van der Waals surface area contributed by atoms with Gasteiger partial charge in [0.1, 0.15) is 0 Å². The second-order valence-corrected chi connectivity index (χ2v) is 7.70. The van der Waals surface area contributed by atoms with Gasteiger partial charge in [-0.2, -0.15) is 0 Å². The normalized spacial score (nSPS) is 31.0. The zero-order valence-corrected chi connectivity index (χ0v) is 14.3. The number of hydrogen-bond donors (Lipinski definition) is 1. The quantitative estimate of drug-likeness (QED) is 0.900. The topological polar surface area (TPSA) is 60.0 Å². The van der Waals surface area contributed by atoms with Crippen LogP contribution in [-0.2, 0) is 16.1 Å². The Hall–Kier alpha value is -1.79. The summed E-state index contributed by atoms with van der Waals surface area (Å²) in [6, 6.07) is 6.50. The standard InChI is InChI=1S/C19H24N2O4/c22-18(20-14-2-3-14)19-6-8-23-17(19)5-7-21(11-19)10-13-1-4-15-16(9-13)25-12-24-15/h1,4,9,14,17H,2-3,5-8,10-12H2,(H,20,22)/t17-,19-/m0/s1. The van der Waals surface area contributed by atoms with Crippen molar-refractivity contribution < 1.29 is 19.0 Å². The largest absolute Gasteiger partial charge is 0.454 e. The molecule has 1 aromatic rings. The number of benzene rings is 1. The van der Waals surface area contributed by atoms with Crippen molar-refractivity contribution in [1.29, 1.82) is 0 Å². The SMILES string of the molecule is O=C(NC1CC1)[C@]12CCO[C@H]1CCN(Cc1ccc3c(c1)OCO3)C2. The van der Waals surface area contributed by atoms with Gasteiger partial charge in [-0.05, 0) is 43.4 Å². The van der Waals surface area contributed by atoms with E-state index in [-0.39, 0.29) is 17.4 Å². The molecule has 25 heavy (non-hydrogen) atoms. The van der Waals surface area contributed by atoms with Crippen LogP contribution in [0.3, 0.4) is 0 Å². The van der Waals surface area contributed by atoms with Crippen LogP contribution in [0, 0.1) is 5.41 Å². The zero-order valence-electron chi connectivity index (χ0n) is 14.3.